The summed E-state index contributed by atoms with van der Waals surface area (Å²) in [6, 6.07) is 10.4. The number of hydrogen-bond donors (Lipinski definition) is 1. The highest BCUT2D eigenvalue weighted by Gasteiger charge is 2.33. The van der Waals surface area contributed by atoms with Gasteiger partial charge in [-0.1, -0.05) is 29.8 Å². The van der Waals surface area contributed by atoms with Crippen LogP contribution in [-0.4, -0.2) is 54.0 Å². The molecule has 26 heavy (non-hydrogen) atoms. The van der Waals surface area contributed by atoms with Gasteiger partial charge in [0.15, 0.2) is 15.5 Å². The van der Waals surface area contributed by atoms with E-state index in [1.807, 2.05) is 24.3 Å². The zero-order chi connectivity index (χ0) is 18.7. The SMILES string of the molecule is CN(C(=O)c1ccc(NCc2ccccc2Cl)nn1)C1CCS(=O)(=O)C1. The van der Waals surface area contributed by atoms with Gasteiger partial charge < -0.3 is 10.2 Å². The van der Waals surface area contributed by atoms with Crippen molar-refractivity contribution in [3.8, 4) is 0 Å². The molecule has 138 valence electrons. The van der Waals surface area contributed by atoms with Crippen LogP contribution in [0.1, 0.15) is 22.5 Å². The fraction of sp³-hybridized carbons (Fsp3) is 0.353. The molecule has 9 heteroatoms. The Morgan fingerprint density at radius 2 is 2.04 bits per heavy atom. The van der Waals surface area contributed by atoms with Gasteiger partial charge in [0.05, 0.1) is 11.5 Å². The van der Waals surface area contributed by atoms with Gasteiger partial charge in [0, 0.05) is 24.7 Å². The van der Waals surface area contributed by atoms with Gasteiger partial charge in [0.25, 0.3) is 5.91 Å². The number of rotatable bonds is 5. The third-order valence-corrected chi connectivity index (χ3v) is 6.50. The molecule has 1 saturated heterocycles. The van der Waals surface area contributed by atoms with Crippen molar-refractivity contribution in [2.45, 2.75) is 19.0 Å². The first-order valence-corrected chi connectivity index (χ1v) is 10.3. The molecule has 0 spiro atoms. The van der Waals surface area contributed by atoms with E-state index in [2.05, 4.69) is 15.5 Å². The number of nitrogens with zero attached hydrogens (tertiary/aromatic N) is 3. The minimum absolute atomic E-state index is 0.000142. The Hall–Kier alpha value is -2.19. The lowest BCUT2D eigenvalue weighted by atomic mass is 10.2. The molecule has 1 fully saturated rings. The Bertz CT molecular complexity index is 902. The van der Waals surface area contributed by atoms with E-state index >= 15 is 0 Å². The quantitative estimate of drug-likeness (QED) is 0.833. The number of carbonyl (C=O) groups is 1. The Labute approximate surface area is 157 Å². The van der Waals surface area contributed by atoms with Crippen molar-refractivity contribution in [2.75, 3.05) is 23.9 Å². The van der Waals surface area contributed by atoms with Crippen molar-refractivity contribution in [1.29, 1.82) is 0 Å². The molecule has 0 radical (unpaired) electrons. The van der Waals surface area contributed by atoms with Crippen LogP contribution in [0.4, 0.5) is 5.82 Å². The molecule has 1 aliphatic heterocycles. The van der Waals surface area contributed by atoms with E-state index in [-0.39, 0.29) is 29.1 Å². The molecule has 2 heterocycles. The van der Waals surface area contributed by atoms with Crippen molar-refractivity contribution >= 4 is 33.2 Å². The molecular formula is C17H19ClN4O3S. The summed E-state index contributed by atoms with van der Waals surface area (Å²) in [4.78, 5) is 13.9. The Morgan fingerprint density at radius 3 is 2.65 bits per heavy atom. The van der Waals surface area contributed by atoms with Crippen molar-refractivity contribution in [3.05, 3.63) is 52.7 Å². The molecule has 2 aromatic rings. The average Bonchev–Trinajstić information content (AvgIpc) is 3.00. The van der Waals surface area contributed by atoms with E-state index in [1.165, 1.54) is 4.90 Å². The Kier molecular flexibility index (Phi) is 5.43. The number of nitrogens with one attached hydrogen (secondary N) is 1. The van der Waals surface area contributed by atoms with E-state index in [0.717, 1.165) is 5.56 Å². The van der Waals surface area contributed by atoms with Crippen molar-refractivity contribution < 1.29 is 13.2 Å². The number of anilines is 1. The molecule has 1 N–H and O–H groups in total. The Balaban J connectivity index is 1.62. The molecule has 1 aromatic carbocycles. The number of benzene rings is 1. The summed E-state index contributed by atoms with van der Waals surface area (Å²) in [6.45, 7) is 0.488. The number of halogens is 1. The van der Waals surface area contributed by atoms with Gasteiger partial charge in [-0.15, -0.1) is 10.2 Å². The smallest absolute Gasteiger partial charge is 0.274 e. The van der Waals surface area contributed by atoms with Crippen molar-refractivity contribution in [1.82, 2.24) is 15.1 Å². The molecule has 1 aromatic heterocycles. The van der Waals surface area contributed by atoms with Gasteiger partial charge in [-0.3, -0.25) is 4.79 Å². The van der Waals surface area contributed by atoms with Gasteiger partial charge in [-0.25, -0.2) is 8.42 Å². The number of amides is 1. The summed E-state index contributed by atoms with van der Waals surface area (Å²) in [5.74, 6) is 0.302. The first kappa shape index (κ1) is 18.6. The maximum absolute atomic E-state index is 12.5. The average molecular weight is 395 g/mol. The highest BCUT2D eigenvalue weighted by atomic mass is 35.5. The molecule has 0 aliphatic carbocycles. The Morgan fingerprint density at radius 1 is 1.27 bits per heavy atom. The third kappa shape index (κ3) is 4.31. The lowest BCUT2D eigenvalue weighted by molar-refractivity contribution is 0.0740. The minimum atomic E-state index is -3.05. The van der Waals surface area contributed by atoms with Crippen LogP contribution in [0.15, 0.2) is 36.4 Å². The van der Waals surface area contributed by atoms with Gasteiger partial charge in [-0.05, 0) is 30.2 Å². The van der Waals surface area contributed by atoms with Crippen LogP contribution in [0.5, 0.6) is 0 Å². The second kappa shape index (κ2) is 7.59. The molecule has 3 rings (SSSR count). The largest absolute Gasteiger partial charge is 0.364 e. The predicted octanol–water partition coefficient (Wildman–Crippen LogP) is 2.00. The van der Waals surface area contributed by atoms with Crippen LogP contribution in [0.25, 0.3) is 0 Å². The fourth-order valence-corrected chi connectivity index (χ4v) is 4.77. The van der Waals surface area contributed by atoms with Crippen LogP contribution in [0.3, 0.4) is 0 Å². The molecule has 1 atom stereocenters. The summed E-state index contributed by atoms with van der Waals surface area (Å²) in [5.41, 5.74) is 1.11. The summed E-state index contributed by atoms with van der Waals surface area (Å²) < 4.78 is 23.2. The van der Waals surface area contributed by atoms with Crippen LogP contribution >= 0.6 is 11.6 Å². The first-order chi connectivity index (χ1) is 12.4. The van der Waals surface area contributed by atoms with Crippen molar-refractivity contribution in [2.24, 2.45) is 0 Å². The molecule has 1 amide bonds. The normalized spacial score (nSPS) is 18.5. The van der Waals surface area contributed by atoms with E-state index in [0.29, 0.717) is 23.8 Å². The van der Waals surface area contributed by atoms with Gasteiger partial charge in [-0.2, -0.15) is 0 Å². The maximum Gasteiger partial charge on any atom is 0.274 e. The zero-order valence-electron chi connectivity index (χ0n) is 14.2. The van der Waals surface area contributed by atoms with Gasteiger partial charge >= 0.3 is 0 Å². The summed E-state index contributed by atoms with van der Waals surface area (Å²) in [5, 5.41) is 11.7. The van der Waals surface area contributed by atoms with E-state index in [4.69, 9.17) is 11.6 Å². The summed E-state index contributed by atoms with van der Waals surface area (Å²) in [7, 11) is -1.45. The molecule has 1 aliphatic rings. The first-order valence-electron chi connectivity index (χ1n) is 8.14. The van der Waals surface area contributed by atoms with Crippen LogP contribution in [-0.2, 0) is 16.4 Å². The van der Waals surface area contributed by atoms with E-state index in [9.17, 15) is 13.2 Å². The molecule has 0 bridgehead atoms. The van der Waals surface area contributed by atoms with Crippen LogP contribution < -0.4 is 5.32 Å². The maximum atomic E-state index is 12.5. The second-order valence-electron chi connectivity index (χ2n) is 6.22. The standard InChI is InChI=1S/C17H19ClN4O3S/c1-22(13-8-9-26(24,25)11-13)17(23)15-6-7-16(21-20-15)19-10-12-4-2-3-5-14(12)18/h2-7,13H,8-11H2,1H3,(H,19,21). The number of carbonyl (C=O) groups excluding carboxylic acids is 1. The topological polar surface area (TPSA) is 92.3 Å². The van der Waals surface area contributed by atoms with Crippen LogP contribution in [0, 0.1) is 0 Å². The number of aromatic nitrogens is 2. The fourth-order valence-electron chi connectivity index (χ4n) is 2.80. The highest BCUT2D eigenvalue weighted by molar-refractivity contribution is 7.91. The summed E-state index contributed by atoms with van der Waals surface area (Å²) in [6.07, 6.45) is 0.454. The predicted molar refractivity (Wildman–Crippen MR) is 100.0 cm³/mol. The summed E-state index contributed by atoms with van der Waals surface area (Å²) >= 11 is 6.11. The highest BCUT2D eigenvalue weighted by Crippen LogP contribution is 2.19. The molecular weight excluding hydrogens is 376 g/mol. The van der Waals surface area contributed by atoms with Crippen LogP contribution in [0.2, 0.25) is 5.02 Å². The van der Waals surface area contributed by atoms with Gasteiger partial charge in [0.2, 0.25) is 0 Å². The van der Waals surface area contributed by atoms with Gasteiger partial charge in [0.1, 0.15) is 5.82 Å². The monoisotopic (exact) mass is 394 g/mol. The third-order valence-electron chi connectivity index (χ3n) is 4.38. The van der Waals surface area contributed by atoms with E-state index in [1.54, 1.807) is 19.2 Å². The second-order valence-corrected chi connectivity index (χ2v) is 8.86. The lowest BCUT2D eigenvalue weighted by Crippen LogP contribution is -2.38. The molecule has 0 saturated carbocycles. The zero-order valence-corrected chi connectivity index (χ0v) is 15.8. The minimum Gasteiger partial charge on any atom is -0.364 e. The van der Waals surface area contributed by atoms with E-state index < -0.39 is 9.84 Å². The van der Waals surface area contributed by atoms with Crippen molar-refractivity contribution in [3.63, 3.8) is 0 Å². The molecule has 1 unspecified atom stereocenters. The number of hydrogen-bond acceptors (Lipinski definition) is 6. The lowest BCUT2D eigenvalue weighted by Gasteiger charge is -2.22. The number of sulfone groups is 1. The molecule has 7 nitrogen and oxygen atoms in total.